The second-order valence-electron chi connectivity index (χ2n) is 4.55. The Labute approximate surface area is 101 Å². The van der Waals surface area contributed by atoms with Crippen LogP contribution in [0.2, 0.25) is 0 Å². The van der Waals surface area contributed by atoms with Crippen LogP contribution in [0.25, 0.3) is 0 Å². The third-order valence-corrected chi connectivity index (χ3v) is 3.51. The van der Waals surface area contributed by atoms with Crippen LogP contribution in [0.3, 0.4) is 0 Å². The average molecular weight is 234 g/mol. The van der Waals surface area contributed by atoms with Crippen LogP contribution in [0.4, 0.5) is 5.82 Å². The molecule has 0 unspecified atom stereocenters. The second-order valence-corrected chi connectivity index (χ2v) is 4.55. The summed E-state index contributed by atoms with van der Waals surface area (Å²) in [6.45, 7) is 4.29. The van der Waals surface area contributed by atoms with E-state index in [0.29, 0.717) is 0 Å². The summed E-state index contributed by atoms with van der Waals surface area (Å²) in [5.41, 5.74) is 0.247. The number of rotatable bonds is 3. The molecule has 0 saturated carbocycles. The first-order valence-corrected chi connectivity index (χ1v) is 6.15. The number of hydrogen-bond acceptors (Lipinski definition) is 3. The molecule has 1 fully saturated rings. The first-order chi connectivity index (χ1) is 8.20. The first kappa shape index (κ1) is 11.9. The van der Waals surface area contributed by atoms with Crippen LogP contribution in [0.15, 0.2) is 18.3 Å². The number of pyridine rings is 1. The highest BCUT2D eigenvalue weighted by molar-refractivity contribution is 5.87. The number of hydrogen-bond donors (Lipinski definition) is 1. The maximum Gasteiger partial charge on any atom is 0.337 e. The number of nitrogens with zero attached hydrogens (tertiary/aromatic N) is 2. The van der Waals surface area contributed by atoms with Gasteiger partial charge in [-0.15, -0.1) is 0 Å². The van der Waals surface area contributed by atoms with Crippen LogP contribution in [0.1, 0.15) is 36.5 Å². The van der Waals surface area contributed by atoms with Crippen LogP contribution in [-0.4, -0.2) is 29.1 Å². The Morgan fingerprint density at radius 1 is 1.47 bits per heavy atom. The van der Waals surface area contributed by atoms with E-state index in [-0.39, 0.29) is 5.56 Å². The van der Waals surface area contributed by atoms with Crippen LogP contribution in [0, 0.1) is 5.92 Å². The number of piperidine rings is 1. The molecule has 0 spiro atoms. The van der Waals surface area contributed by atoms with E-state index in [4.69, 9.17) is 5.11 Å². The van der Waals surface area contributed by atoms with Gasteiger partial charge in [-0.1, -0.05) is 13.3 Å². The van der Waals surface area contributed by atoms with Gasteiger partial charge in [-0.2, -0.15) is 0 Å². The lowest BCUT2D eigenvalue weighted by Gasteiger charge is -2.32. The SMILES string of the molecule is CCC1CCN(c2ccc(C(=O)O)cn2)CC1. The maximum atomic E-state index is 10.7. The van der Waals surface area contributed by atoms with E-state index in [0.717, 1.165) is 24.8 Å². The molecule has 4 heteroatoms. The van der Waals surface area contributed by atoms with Gasteiger partial charge in [0.2, 0.25) is 0 Å². The van der Waals surface area contributed by atoms with Gasteiger partial charge >= 0.3 is 5.97 Å². The summed E-state index contributed by atoms with van der Waals surface area (Å²) in [6.07, 6.45) is 5.10. The molecule has 2 heterocycles. The van der Waals surface area contributed by atoms with E-state index in [1.54, 1.807) is 12.1 Å². The van der Waals surface area contributed by atoms with Gasteiger partial charge in [-0.05, 0) is 30.9 Å². The topological polar surface area (TPSA) is 53.4 Å². The Morgan fingerprint density at radius 3 is 2.65 bits per heavy atom. The first-order valence-electron chi connectivity index (χ1n) is 6.15. The van der Waals surface area contributed by atoms with Gasteiger partial charge in [0, 0.05) is 19.3 Å². The molecule has 0 atom stereocenters. The molecule has 92 valence electrons. The summed E-state index contributed by atoms with van der Waals surface area (Å²) >= 11 is 0. The summed E-state index contributed by atoms with van der Waals surface area (Å²) in [7, 11) is 0. The zero-order valence-electron chi connectivity index (χ0n) is 10.1. The molecule has 1 aromatic rings. The van der Waals surface area contributed by atoms with Crippen molar-refractivity contribution in [1.29, 1.82) is 0 Å². The second kappa shape index (κ2) is 5.17. The monoisotopic (exact) mass is 234 g/mol. The van der Waals surface area contributed by atoms with Gasteiger partial charge in [0.1, 0.15) is 5.82 Å². The summed E-state index contributed by atoms with van der Waals surface area (Å²) in [5.74, 6) is 0.808. The normalized spacial score (nSPS) is 17.1. The van der Waals surface area contributed by atoms with Gasteiger partial charge in [0.25, 0.3) is 0 Å². The van der Waals surface area contributed by atoms with Crippen molar-refractivity contribution in [3.05, 3.63) is 23.9 Å². The van der Waals surface area contributed by atoms with Crippen molar-refractivity contribution < 1.29 is 9.90 Å². The zero-order valence-corrected chi connectivity index (χ0v) is 10.1. The molecule has 0 bridgehead atoms. The van der Waals surface area contributed by atoms with E-state index in [9.17, 15) is 4.79 Å². The Balaban J connectivity index is 2.01. The third-order valence-electron chi connectivity index (χ3n) is 3.51. The molecule has 1 N–H and O–H groups in total. The fourth-order valence-corrected chi connectivity index (χ4v) is 2.27. The fraction of sp³-hybridized carbons (Fsp3) is 0.538. The minimum Gasteiger partial charge on any atom is -0.478 e. The summed E-state index contributed by atoms with van der Waals surface area (Å²) in [4.78, 5) is 17.2. The van der Waals surface area contributed by atoms with Crippen molar-refractivity contribution in [3.8, 4) is 0 Å². The molecule has 1 saturated heterocycles. The molecule has 0 aliphatic carbocycles. The van der Waals surface area contributed by atoms with Gasteiger partial charge in [-0.25, -0.2) is 9.78 Å². The van der Waals surface area contributed by atoms with E-state index >= 15 is 0 Å². The Bertz CT molecular complexity index is 381. The van der Waals surface area contributed by atoms with Crippen LogP contribution in [-0.2, 0) is 0 Å². The summed E-state index contributed by atoms with van der Waals surface area (Å²) in [5, 5.41) is 8.80. The number of aromatic nitrogens is 1. The number of carbonyl (C=O) groups is 1. The van der Waals surface area contributed by atoms with Crippen LogP contribution < -0.4 is 4.90 Å². The molecule has 1 aromatic heterocycles. The molecule has 17 heavy (non-hydrogen) atoms. The Morgan fingerprint density at radius 2 is 2.18 bits per heavy atom. The molecule has 2 rings (SSSR count). The maximum absolute atomic E-state index is 10.7. The highest BCUT2D eigenvalue weighted by Crippen LogP contribution is 2.23. The van der Waals surface area contributed by atoms with Crippen molar-refractivity contribution in [3.63, 3.8) is 0 Å². The fourth-order valence-electron chi connectivity index (χ4n) is 2.27. The van der Waals surface area contributed by atoms with Gasteiger partial charge < -0.3 is 10.0 Å². The molecular formula is C13H18N2O2. The summed E-state index contributed by atoms with van der Waals surface area (Å²) < 4.78 is 0. The standard InChI is InChI=1S/C13H18N2O2/c1-2-10-5-7-15(8-6-10)12-4-3-11(9-14-12)13(16)17/h3-4,9-10H,2,5-8H2,1H3,(H,16,17). The van der Waals surface area contributed by atoms with E-state index < -0.39 is 5.97 Å². The number of anilines is 1. The zero-order chi connectivity index (χ0) is 12.3. The Kier molecular flexibility index (Phi) is 3.61. The quantitative estimate of drug-likeness (QED) is 0.872. The van der Waals surface area contributed by atoms with E-state index in [1.165, 1.54) is 25.5 Å². The van der Waals surface area contributed by atoms with Gasteiger partial charge in [0.05, 0.1) is 5.56 Å². The number of carboxylic acids is 1. The molecule has 4 nitrogen and oxygen atoms in total. The molecular weight excluding hydrogens is 216 g/mol. The van der Waals surface area contributed by atoms with Crippen LogP contribution >= 0.6 is 0 Å². The van der Waals surface area contributed by atoms with Crippen molar-refractivity contribution >= 4 is 11.8 Å². The highest BCUT2D eigenvalue weighted by Gasteiger charge is 2.18. The number of aromatic carboxylic acids is 1. The smallest absolute Gasteiger partial charge is 0.337 e. The lowest BCUT2D eigenvalue weighted by molar-refractivity contribution is 0.0696. The molecule has 0 amide bonds. The van der Waals surface area contributed by atoms with Crippen molar-refractivity contribution in [1.82, 2.24) is 4.98 Å². The molecule has 0 aromatic carbocycles. The molecule has 1 aliphatic heterocycles. The molecule has 0 radical (unpaired) electrons. The summed E-state index contributed by atoms with van der Waals surface area (Å²) in [6, 6.07) is 3.42. The lowest BCUT2D eigenvalue weighted by atomic mass is 9.94. The molecule has 1 aliphatic rings. The van der Waals surface area contributed by atoms with Gasteiger partial charge in [-0.3, -0.25) is 0 Å². The predicted octanol–water partition coefficient (Wildman–Crippen LogP) is 2.41. The predicted molar refractivity (Wildman–Crippen MR) is 66.4 cm³/mol. The minimum absolute atomic E-state index is 0.247. The largest absolute Gasteiger partial charge is 0.478 e. The lowest BCUT2D eigenvalue weighted by Crippen LogP contribution is -2.34. The van der Waals surface area contributed by atoms with E-state index in [1.807, 2.05) is 0 Å². The van der Waals surface area contributed by atoms with Gasteiger partial charge in [0.15, 0.2) is 0 Å². The number of carboxylic acid groups (broad SMARTS) is 1. The van der Waals surface area contributed by atoms with Crippen molar-refractivity contribution in [2.75, 3.05) is 18.0 Å². The van der Waals surface area contributed by atoms with E-state index in [2.05, 4.69) is 16.8 Å². The highest BCUT2D eigenvalue weighted by atomic mass is 16.4. The van der Waals surface area contributed by atoms with Crippen molar-refractivity contribution in [2.45, 2.75) is 26.2 Å². The Hall–Kier alpha value is -1.58. The average Bonchev–Trinajstić information content (AvgIpc) is 2.39. The van der Waals surface area contributed by atoms with Crippen LogP contribution in [0.5, 0.6) is 0 Å². The van der Waals surface area contributed by atoms with Crippen molar-refractivity contribution in [2.24, 2.45) is 5.92 Å². The minimum atomic E-state index is -0.922. The third kappa shape index (κ3) is 2.75.